The predicted molar refractivity (Wildman–Crippen MR) is 98.3 cm³/mol. The molecule has 0 unspecified atom stereocenters. The minimum absolute atomic E-state index is 0.199. The fourth-order valence-corrected chi connectivity index (χ4v) is 2.70. The van der Waals surface area contributed by atoms with Gasteiger partial charge in [0.05, 0.1) is 16.7 Å². The van der Waals surface area contributed by atoms with Gasteiger partial charge < -0.3 is 10.3 Å². The highest BCUT2D eigenvalue weighted by molar-refractivity contribution is 5.91. The lowest BCUT2D eigenvalue weighted by Gasteiger charge is -2.07. The number of aryl methyl sites for hydroxylation is 2. The van der Waals surface area contributed by atoms with Crippen LogP contribution in [0.5, 0.6) is 0 Å². The number of nitrogens with one attached hydrogen (secondary N) is 2. The SMILES string of the molecule is Cc1ccc(NC(=O)CCc2ccc3nc(C(C)C)[nH]c3c2)c(F)c1. The molecule has 1 heterocycles. The monoisotopic (exact) mass is 339 g/mol. The van der Waals surface area contributed by atoms with Crippen molar-refractivity contribution in [2.24, 2.45) is 0 Å². The van der Waals surface area contributed by atoms with Crippen LogP contribution < -0.4 is 5.32 Å². The second-order valence-electron chi connectivity index (χ2n) is 6.66. The fourth-order valence-electron chi connectivity index (χ4n) is 2.70. The average molecular weight is 339 g/mol. The Morgan fingerprint density at radius 2 is 2.04 bits per heavy atom. The Kier molecular flexibility index (Phi) is 4.83. The van der Waals surface area contributed by atoms with Gasteiger partial charge in [-0.05, 0) is 48.7 Å². The van der Waals surface area contributed by atoms with E-state index in [4.69, 9.17) is 0 Å². The van der Waals surface area contributed by atoms with E-state index in [0.29, 0.717) is 18.8 Å². The van der Waals surface area contributed by atoms with Crippen molar-refractivity contribution < 1.29 is 9.18 Å². The molecular formula is C20H22FN3O. The Morgan fingerprint density at radius 3 is 2.76 bits per heavy atom. The van der Waals surface area contributed by atoms with Gasteiger partial charge in [0.1, 0.15) is 11.6 Å². The summed E-state index contributed by atoms with van der Waals surface area (Å²) in [7, 11) is 0. The lowest BCUT2D eigenvalue weighted by atomic mass is 10.1. The Hall–Kier alpha value is -2.69. The Balaban J connectivity index is 1.64. The zero-order valence-corrected chi connectivity index (χ0v) is 14.7. The maximum atomic E-state index is 13.8. The largest absolute Gasteiger partial charge is 0.342 e. The zero-order valence-electron chi connectivity index (χ0n) is 14.7. The fraction of sp³-hybridized carbons (Fsp3) is 0.300. The third-order valence-electron chi connectivity index (χ3n) is 4.15. The number of hydrogen-bond acceptors (Lipinski definition) is 2. The molecule has 0 aliphatic carbocycles. The summed E-state index contributed by atoms with van der Waals surface area (Å²) in [6.45, 7) is 5.99. The number of nitrogens with zero attached hydrogens (tertiary/aromatic N) is 1. The number of benzene rings is 2. The smallest absolute Gasteiger partial charge is 0.224 e. The second kappa shape index (κ2) is 7.05. The maximum Gasteiger partial charge on any atom is 0.224 e. The molecule has 130 valence electrons. The third kappa shape index (κ3) is 4.05. The van der Waals surface area contributed by atoms with Crippen LogP contribution >= 0.6 is 0 Å². The van der Waals surface area contributed by atoms with Crippen molar-refractivity contribution in [2.75, 3.05) is 5.32 Å². The van der Waals surface area contributed by atoms with Crippen LogP contribution in [0, 0.1) is 12.7 Å². The molecule has 0 bridgehead atoms. The molecule has 2 N–H and O–H groups in total. The molecule has 0 saturated heterocycles. The number of anilines is 1. The molecular weight excluding hydrogens is 317 g/mol. The first kappa shape index (κ1) is 17.1. The summed E-state index contributed by atoms with van der Waals surface area (Å²) in [6, 6.07) is 10.7. The van der Waals surface area contributed by atoms with Gasteiger partial charge in [-0.1, -0.05) is 26.0 Å². The quantitative estimate of drug-likeness (QED) is 0.707. The van der Waals surface area contributed by atoms with Crippen molar-refractivity contribution in [3.63, 3.8) is 0 Å². The van der Waals surface area contributed by atoms with E-state index in [1.54, 1.807) is 12.1 Å². The van der Waals surface area contributed by atoms with Gasteiger partial charge in [-0.15, -0.1) is 0 Å². The Bertz CT molecular complexity index is 914. The van der Waals surface area contributed by atoms with Crippen LogP contribution in [0.25, 0.3) is 11.0 Å². The van der Waals surface area contributed by atoms with Gasteiger partial charge in [0, 0.05) is 12.3 Å². The molecule has 0 aliphatic heterocycles. The van der Waals surface area contributed by atoms with E-state index in [9.17, 15) is 9.18 Å². The molecule has 1 amide bonds. The number of rotatable bonds is 5. The number of aromatic amines is 1. The highest BCUT2D eigenvalue weighted by Gasteiger charge is 2.10. The van der Waals surface area contributed by atoms with E-state index in [2.05, 4.69) is 29.1 Å². The third-order valence-corrected chi connectivity index (χ3v) is 4.15. The normalized spacial score (nSPS) is 11.2. The summed E-state index contributed by atoms with van der Waals surface area (Å²) in [4.78, 5) is 19.9. The van der Waals surface area contributed by atoms with Crippen molar-refractivity contribution in [3.05, 3.63) is 59.2 Å². The second-order valence-corrected chi connectivity index (χ2v) is 6.66. The lowest BCUT2D eigenvalue weighted by Crippen LogP contribution is -2.13. The lowest BCUT2D eigenvalue weighted by molar-refractivity contribution is -0.116. The standard InChI is InChI=1S/C20H22FN3O/c1-12(2)20-23-17-8-5-14(11-18(17)24-20)6-9-19(25)22-16-7-4-13(3)10-15(16)21/h4-5,7-8,10-12H,6,9H2,1-3H3,(H,22,25)(H,23,24). The molecule has 0 spiro atoms. The van der Waals surface area contributed by atoms with Gasteiger partial charge in [-0.3, -0.25) is 4.79 Å². The molecule has 0 aliphatic rings. The van der Waals surface area contributed by atoms with Crippen molar-refractivity contribution in [1.29, 1.82) is 0 Å². The molecule has 3 aromatic rings. The average Bonchev–Trinajstić information content (AvgIpc) is 2.99. The van der Waals surface area contributed by atoms with E-state index in [-0.39, 0.29) is 11.6 Å². The van der Waals surface area contributed by atoms with Crippen LogP contribution in [0.3, 0.4) is 0 Å². The number of carbonyl (C=O) groups excluding carboxylic acids is 1. The molecule has 2 aromatic carbocycles. The van der Waals surface area contributed by atoms with E-state index >= 15 is 0 Å². The number of halogens is 1. The maximum absolute atomic E-state index is 13.8. The molecule has 0 saturated carbocycles. The van der Waals surface area contributed by atoms with Crippen LogP contribution in [0.1, 0.15) is 43.1 Å². The molecule has 0 radical (unpaired) electrons. The van der Waals surface area contributed by atoms with Gasteiger partial charge in [0.25, 0.3) is 0 Å². The highest BCUT2D eigenvalue weighted by Crippen LogP contribution is 2.20. The Labute approximate surface area is 146 Å². The summed E-state index contributed by atoms with van der Waals surface area (Å²) in [5, 5.41) is 2.63. The van der Waals surface area contributed by atoms with Crippen LogP contribution in [-0.4, -0.2) is 15.9 Å². The summed E-state index contributed by atoms with van der Waals surface area (Å²) < 4.78 is 13.8. The first-order valence-electron chi connectivity index (χ1n) is 8.47. The summed E-state index contributed by atoms with van der Waals surface area (Å²) >= 11 is 0. The van der Waals surface area contributed by atoms with Gasteiger partial charge in [0.15, 0.2) is 0 Å². The van der Waals surface area contributed by atoms with Gasteiger partial charge in [-0.2, -0.15) is 0 Å². The summed E-state index contributed by atoms with van der Waals surface area (Å²) in [5.74, 6) is 0.689. The van der Waals surface area contributed by atoms with Crippen molar-refractivity contribution >= 4 is 22.6 Å². The van der Waals surface area contributed by atoms with Crippen LogP contribution in [0.2, 0.25) is 0 Å². The number of imidazole rings is 1. The molecule has 25 heavy (non-hydrogen) atoms. The number of amides is 1. The highest BCUT2D eigenvalue weighted by atomic mass is 19.1. The topological polar surface area (TPSA) is 57.8 Å². The number of aromatic nitrogens is 2. The minimum atomic E-state index is -0.409. The summed E-state index contributed by atoms with van der Waals surface area (Å²) in [5.41, 5.74) is 4.00. The zero-order chi connectivity index (χ0) is 18.0. The number of carbonyl (C=O) groups is 1. The number of fused-ring (bicyclic) bond motifs is 1. The number of hydrogen-bond donors (Lipinski definition) is 2. The van der Waals surface area contributed by atoms with Crippen LogP contribution in [0.4, 0.5) is 10.1 Å². The molecule has 1 aromatic heterocycles. The van der Waals surface area contributed by atoms with E-state index in [0.717, 1.165) is 28.0 Å². The number of H-pyrrole nitrogens is 1. The predicted octanol–water partition coefficient (Wildman–Crippen LogP) is 4.71. The van der Waals surface area contributed by atoms with Gasteiger partial charge in [0.2, 0.25) is 5.91 Å². The van der Waals surface area contributed by atoms with Gasteiger partial charge >= 0.3 is 0 Å². The summed E-state index contributed by atoms with van der Waals surface area (Å²) in [6.07, 6.45) is 0.884. The van der Waals surface area contributed by atoms with Gasteiger partial charge in [-0.25, -0.2) is 9.37 Å². The van der Waals surface area contributed by atoms with Crippen molar-refractivity contribution in [1.82, 2.24) is 9.97 Å². The molecule has 5 heteroatoms. The minimum Gasteiger partial charge on any atom is -0.342 e. The Morgan fingerprint density at radius 1 is 1.24 bits per heavy atom. The molecule has 4 nitrogen and oxygen atoms in total. The molecule has 3 rings (SSSR count). The molecule has 0 atom stereocenters. The first-order valence-corrected chi connectivity index (χ1v) is 8.47. The van der Waals surface area contributed by atoms with E-state index in [1.165, 1.54) is 6.07 Å². The van der Waals surface area contributed by atoms with Crippen molar-refractivity contribution in [3.8, 4) is 0 Å². The van der Waals surface area contributed by atoms with E-state index < -0.39 is 5.82 Å². The van der Waals surface area contributed by atoms with E-state index in [1.807, 2.05) is 25.1 Å². The molecule has 0 fully saturated rings. The van der Waals surface area contributed by atoms with Crippen LogP contribution in [-0.2, 0) is 11.2 Å². The first-order chi connectivity index (χ1) is 11.9. The van der Waals surface area contributed by atoms with Crippen molar-refractivity contribution in [2.45, 2.75) is 39.5 Å². The van der Waals surface area contributed by atoms with Crippen LogP contribution in [0.15, 0.2) is 36.4 Å².